The molecule has 0 aliphatic heterocycles. The number of carbonyl (C=O) groups is 1. The van der Waals surface area contributed by atoms with E-state index in [0.29, 0.717) is 6.07 Å². The lowest BCUT2D eigenvalue weighted by molar-refractivity contribution is -0.275. The van der Waals surface area contributed by atoms with Crippen LogP contribution in [0.2, 0.25) is 0 Å². The van der Waals surface area contributed by atoms with Crippen LogP contribution in [0.1, 0.15) is 11.3 Å². The Hall–Kier alpha value is -1.51. The highest BCUT2D eigenvalue weighted by Gasteiger charge is 2.33. The second kappa shape index (κ2) is 5.42. The van der Waals surface area contributed by atoms with Crippen LogP contribution in [0, 0.1) is 0 Å². The lowest BCUT2D eigenvalue weighted by atomic mass is 10.1. The van der Waals surface area contributed by atoms with Gasteiger partial charge < -0.3 is 14.8 Å². The molecule has 0 radical (unpaired) electrons. The number of carboxylic acids is 1. The van der Waals surface area contributed by atoms with Gasteiger partial charge in [-0.1, -0.05) is 15.9 Å². The lowest BCUT2D eigenvalue weighted by Gasteiger charge is -2.14. The zero-order chi connectivity index (χ0) is 13.9. The van der Waals surface area contributed by atoms with Crippen molar-refractivity contribution in [3.8, 4) is 5.75 Å². The molecule has 0 bridgehead atoms. The molecule has 0 saturated carbocycles. The van der Waals surface area contributed by atoms with E-state index in [9.17, 15) is 22.8 Å². The number of hydrogen-bond donors (Lipinski definition) is 2. The molecular weight excluding hydrogens is 323 g/mol. The molecule has 0 saturated heterocycles. The quantitative estimate of drug-likeness (QED) is 0.825. The van der Waals surface area contributed by atoms with E-state index in [2.05, 4.69) is 25.7 Å². The third-order valence-electron chi connectivity index (χ3n) is 1.89. The van der Waals surface area contributed by atoms with Gasteiger partial charge in [0.2, 0.25) is 0 Å². The first kappa shape index (κ1) is 14.6. The molecule has 0 spiro atoms. The van der Waals surface area contributed by atoms with Crippen LogP contribution in [-0.2, 0) is 16.5 Å². The number of alkyl halides is 4. The summed E-state index contributed by atoms with van der Waals surface area (Å²) < 4.78 is 40.1. The summed E-state index contributed by atoms with van der Waals surface area (Å²) in [7, 11) is 0. The Morgan fingerprint density at radius 1 is 1.50 bits per heavy atom. The summed E-state index contributed by atoms with van der Waals surface area (Å²) in [6.07, 6.45) is -5.69. The molecule has 1 aromatic heterocycles. The van der Waals surface area contributed by atoms with Gasteiger partial charge in [0.05, 0.1) is 6.42 Å². The van der Waals surface area contributed by atoms with Gasteiger partial charge in [-0.05, 0) is 0 Å². The highest BCUT2D eigenvalue weighted by Crippen LogP contribution is 2.27. The van der Waals surface area contributed by atoms with Crippen molar-refractivity contribution < 1.29 is 27.8 Å². The van der Waals surface area contributed by atoms with Gasteiger partial charge >= 0.3 is 12.3 Å². The highest BCUT2D eigenvalue weighted by atomic mass is 79.9. The number of hydrogen-bond acceptors (Lipinski definition) is 3. The van der Waals surface area contributed by atoms with Crippen LogP contribution in [-0.4, -0.2) is 22.4 Å². The Bertz CT molecular complexity index is 512. The van der Waals surface area contributed by atoms with E-state index < -0.39 is 30.1 Å². The molecule has 100 valence electrons. The van der Waals surface area contributed by atoms with Crippen LogP contribution < -0.4 is 10.3 Å². The fraction of sp³-hybridized carbons (Fsp3) is 0.333. The molecular formula is C9H7BrF3NO4. The number of ether oxygens (including phenoxy) is 1. The van der Waals surface area contributed by atoms with Gasteiger partial charge in [-0.15, -0.1) is 13.2 Å². The van der Waals surface area contributed by atoms with Gasteiger partial charge in [-0.3, -0.25) is 9.59 Å². The summed E-state index contributed by atoms with van der Waals surface area (Å²) in [6.45, 7) is 0. The topological polar surface area (TPSA) is 79.4 Å². The van der Waals surface area contributed by atoms with E-state index in [-0.39, 0.29) is 16.6 Å². The molecule has 1 heterocycles. The van der Waals surface area contributed by atoms with Crippen molar-refractivity contribution in [1.82, 2.24) is 4.98 Å². The minimum absolute atomic E-state index is 0.0000888. The van der Waals surface area contributed by atoms with Gasteiger partial charge in [0.1, 0.15) is 5.75 Å². The Labute approximate surface area is 107 Å². The molecule has 1 rings (SSSR count). The van der Waals surface area contributed by atoms with E-state index in [1.54, 1.807) is 0 Å². The summed E-state index contributed by atoms with van der Waals surface area (Å²) in [5, 5.41) is 8.63. The maximum Gasteiger partial charge on any atom is 0.573 e. The standard InChI is InChI=1S/C9H7BrF3NO4/c10-3-5-4(1-8(16)17)6(2-7(15)14-5)18-9(11,12)13/h2H,1,3H2,(H,14,15)(H,16,17). The molecule has 5 nitrogen and oxygen atoms in total. The largest absolute Gasteiger partial charge is 0.573 e. The van der Waals surface area contributed by atoms with Crippen molar-refractivity contribution in [2.45, 2.75) is 18.1 Å². The molecule has 2 N–H and O–H groups in total. The number of aromatic amines is 1. The van der Waals surface area contributed by atoms with Gasteiger partial charge in [-0.25, -0.2) is 0 Å². The molecule has 0 aliphatic rings. The monoisotopic (exact) mass is 329 g/mol. The van der Waals surface area contributed by atoms with Crippen LogP contribution in [0.4, 0.5) is 13.2 Å². The van der Waals surface area contributed by atoms with E-state index in [4.69, 9.17) is 5.11 Å². The Morgan fingerprint density at radius 3 is 2.56 bits per heavy atom. The van der Waals surface area contributed by atoms with Crippen molar-refractivity contribution in [3.05, 3.63) is 27.7 Å². The number of pyridine rings is 1. The predicted octanol–water partition coefficient (Wildman–Crippen LogP) is 1.80. The fourth-order valence-electron chi connectivity index (χ4n) is 1.29. The third kappa shape index (κ3) is 4.06. The van der Waals surface area contributed by atoms with Gasteiger partial charge in [0, 0.05) is 22.7 Å². The zero-order valence-corrected chi connectivity index (χ0v) is 10.3. The molecule has 1 aromatic rings. The fourth-order valence-corrected chi connectivity index (χ4v) is 1.77. The number of rotatable bonds is 4. The first-order chi connectivity index (χ1) is 8.23. The molecule has 0 aromatic carbocycles. The molecule has 0 amide bonds. The smallest absolute Gasteiger partial charge is 0.481 e. The number of aromatic nitrogens is 1. The Morgan fingerprint density at radius 2 is 2.11 bits per heavy atom. The van der Waals surface area contributed by atoms with E-state index in [1.807, 2.05) is 0 Å². The minimum atomic E-state index is -5.00. The minimum Gasteiger partial charge on any atom is -0.481 e. The maximum atomic E-state index is 12.1. The summed E-state index contributed by atoms with van der Waals surface area (Å²) in [5.41, 5.74) is -1.00. The maximum absolute atomic E-state index is 12.1. The normalized spacial score (nSPS) is 11.3. The summed E-state index contributed by atoms with van der Waals surface area (Å²) in [6, 6.07) is 0.567. The average molecular weight is 330 g/mol. The van der Waals surface area contributed by atoms with Crippen LogP contribution in [0.25, 0.3) is 0 Å². The van der Waals surface area contributed by atoms with E-state index in [1.165, 1.54) is 0 Å². The number of carboxylic acid groups (broad SMARTS) is 1. The van der Waals surface area contributed by atoms with Crippen molar-refractivity contribution in [1.29, 1.82) is 0 Å². The number of nitrogens with one attached hydrogen (secondary N) is 1. The Balaban J connectivity index is 3.32. The highest BCUT2D eigenvalue weighted by molar-refractivity contribution is 9.08. The zero-order valence-electron chi connectivity index (χ0n) is 8.68. The number of H-pyrrole nitrogens is 1. The van der Waals surface area contributed by atoms with Crippen molar-refractivity contribution in [2.24, 2.45) is 0 Å². The summed E-state index contributed by atoms with van der Waals surface area (Å²) in [5.74, 6) is -2.14. The third-order valence-corrected chi connectivity index (χ3v) is 2.45. The van der Waals surface area contributed by atoms with Gasteiger partial charge in [0.25, 0.3) is 5.56 Å². The second-order valence-corrected chi connectivity index (χ2v) is 3.77. The molecule has 0 unspecified atom stereocenters. The van der Waals surface area contributed by atoms with Crippen LogP contribution in [0.3, 0.4) is 0 Å². The van der Waals surface area contributed by atoms with Crippen LogP contribution >= 0.6 is 15.9 Å². The second-order valence-electron chi connectivity index (χ2n) is 3.21. The molecule has 0 atom stereocenters. The Kier molecular flexibility index (Phi) is 4.38. The number of aliphatic carboxylic acids is 1. The van der Waals surface area contributed by atoms with Crippen molar-refractivity contribution in [3.63, 3.8) is 0 Å². The first-order valence-electron chi connectivity index (χ1n) is 4.51. The van der Waals surface area contributed by atoms with Gasteiger partial charge in [0.15, 0.2) is 0 Å². The number of halogens is 4. The molecule has 9 heteroatoms. The van der Waals surface area contributed by atoms with Crippen molar-refractivity contribution >= 4 is 21.9 Å². The molecule has 0 fully saturated rings. The van der Waals surface area contributed by atoms with E-state index in [0.717, 1.165) is 0 Å². The molecule has 0 aliphatic carbocycles. The van der Waals surface area contributed by atoms with Gasteiger partial charge in [-0.2, -0.15) is 0 Å². The van der Waals surface area contributed by atoms with Crippen LogP contribution in [0.5, 0.6) is 5.75 Å². The average Bonchev–Trinajstić information content (AvgIpc) is 2.18. The summed E-state index contributed by atoms with van der Waals surface area (Å²) >= 11 is 2.95. The van der Waals surface area contributed by atoms with Crippen molar-refractivity contribution in [2.75, 3.05) is 0 Å². The van der Waals surface area contributed by atoms with E-state index >= 15 is 0 Å². The first-order valence-corrected chi connectivity index (χ1v) is 5.63. The lowest BCUT2D eigenvalue weighted by Crippen LogP contribution is -2.22. The molecule has 18 heavy (non-hydrogen) atoms. The summed E-state index contributed by atoms with van der Waals surface area (Å²) in [4.78, 5) is 24.0. The predicted molar refractivity (Wildman–Crippen MR) is 57.7 cm³/mol. The SMILES string of the molecule is O=C(O)Cc1c(OC(F)(F)F)cc(=O)[nH]c1CBr. The van der Waals surface area contributed by atoms with Crippen LogP contribution in [0.15, 0.2) is 10.9 Å².